The van der Waals surface area contributed by atoms with E-state index in [1.165, 1.54) is 18.4 Å². The van der Waals surface area contributed by atoms with Crippen LogP contribution in [-0.4, -0.2) is 17.2 Å². The molecule has 4 saturated carbocycles. The summed E-state index contributed by atoms with van der Waals surface area (Å²) in [5.41, 5.74) is 1.24. The van der Waals surface area contributed by atoms with E-state index in [0.29, 0.717) is 23.7 Å². The van der Waals surface area contributed by atoms with Crippen LogP contribution in [0.3, 0.4) is 0 Å². The molecule has 1 N–H and O–H groups in total. The zero-order chi connectivity index (χ0) is 24.2. The second-order valence-electron chi connectivity index (χ2n) is 14.5. The number of allylic oxidation sites excluding steroid dienone is 2. The maximum absolute atomic E-state index is 12.7. The zero-order valence-corrected chi connectivity index (χ0v) is 28.1. The molecular weight excluding hydrogens is 494 g/mol. The summed E-state index contributed by atoms with van der Waals surface area (Å²) >= 11 is 0. The summed E-state index contributed by atoms with van der Waals surface area (Å²) < 4.78 is 0. The van der Waals surface area contributed by atoms with Crippen LogP contribution in [0.15, 0.2) is 11.6 Å². The van der Waals surface area contributed by atoms with Crippen molar-refractivity contribution in [1.82, 2.24) is 0 Å². The van der Waals surface area contributed by atoms with Gasteiger partial charge in [-0.15, -0.1) is 0 Å². The van der Waals surface area contributed by atoms with E-state index in [2.05, 4.69) is 54.5 Å². The molecule has 0 bridgehead atoms. The van der Waals surface area contributed by atoms with Gasteiger partial charge < -0.3 is 15.0 Å². The number of aliphatic carboxylic acids is 1. The minimum atomic E-state index is -0.792. The molecule has 0 aliphatic heterocycles. The van der Waals surface area contributed by atoms with Gasteiger partial charge in [0.15, 0.2) is 0 Å². The number of carboxylic acids is 1. The van der Waals surface area contributed by atoms with Crippen molar-refractivity contribution in [2.75, 3.05) is 0 Å². The van der Waals surface area contributed by atoms with Gasteiger partial charge in [0.05, 0.1) is 6.10 Å². The third-order valence-electron chi connectivity index (χ3n) is 13.4. The van der Waals surface area contributed by atoms with Gasteiger partial charge in [0.25, 0.3) is 0 Å². The molecule has 186 valence electrons. The van der Waals surface area contributed by atoms with Gasteiger partial charge in [-0.05, 0) is 109 Å². The van der Waals surface area contributed by atoms with Crippen molar-refractivity contribution in [3.05, 3.63) is 11.6 Å². The van der Waals surface area contributed by atoms with E-state index in [1.807, 2.05) is 0 Å². The van der Waals surface area contributed by atoms with Gasteiger partial charge in [0.1, 0.15) is 0 Å². The predicted octanol–water partition coefficient (Wildman–Crippen LogP) is 2.76. The minimum Gasteiger partial charge on any atom is -0.550 e. The smallest absolute Gasteiger partial charge is 0.550 e. The van der Waals surface area contributed by atoms with E-state index in [-0.39, 0.29) is 91.9 Å². The number of hydrogen-bond donors (Lipinski definition) is 1. The normalized spacial score (nSPS) is 53.7. The number of aliphatic hydroxyl groups is 1. The van der Waals surface area contributed by atoms with E-state index in [4.69, 9.17) is 0 Å². The second-order valence-corrected chi connectivity index (χ2v) is 14.5. The summed E-state index contributed by atoms with van der Waals surface area (Å²) in [4.78, 5) is 12.7. The SMILES string of the molecule is C[C@@H]1CC[C@]2(C(=O)[O-])CC[C@]3(C)C(=CC[C@@H]4[C@@]5(C)CC[C@H](O)C(C)(C)[C@@H]5CC[C@]43C)C2[C@H]1C.[Rb+]. The number of fused-ring (bicyclic) bond motifs is 7. The molecule has 0 radical (unpaired) electrons. The maximum Gasteiger partial charge on any atom is 1.00 e. The number of carbonyl (C=O) groups excluding carboxylic acids is 1. The summed E-state index contributed by atoms with van der Waals surface area (Å²) in [6.45, 7) is 16.8. The summed E-state index contributed by atoms with van der Waals surface area (Å²) in [5.74, 6) is 1.42. The Morgan fingerprint density at radius 2 is 1.62 bits per heavy atom. The van der Waals surface area contributed by atoms with Crippen LogP contribution in [0.25, 0.3) is 0 Å². The van der Waals surface area contributed by atoms with Crippen molar-refractivity contribution in [3.63, 3.8) is 0 Å². The van der Waals surface area contributed by atoms with Crippen molar-refractivity contribution in [1.29, 1.82) is 0 Å². The molecule has 5 rings (SSSR count). The molecule has 0 spiro atoms. The third-order valence-corrected chi connectivity index (χ3v) is 13.4. The summed E-state index contributed by atoms with van der Waals surface area (Å²) in [5, 5.41) is 23.6. The largest absolute Gasteiger partial charge is 1.00 e. The number of carboxylic acid groups (broad SMARTS) is 1. The van der Waals surface area contributed by atoms with Gasteiger partial charge in [-0.3, -0.25) is 0 Å². The topological polar surface area (TPSA) is 60.4 Å². The molecule has 0 heterocycles. The van der Waals surface area contributed by atoms with Crippen LogP contribution in [-0.2, 0) is 4.79 Å². The van der Waals surface area contributed by atoms with Crippen molar-refractivity contribution >= 4 is 5.97 Å². The molecule has 1 unspecified atom stereocenters. The number of carbonyl (C=O) groups is 1. The van der Waals surface area contributed by atoms with Crippen molar-refractivity contribution in [2.24, 2.45) is 56.7 Å². The number of hydrogen-bond acceptors (Lipinski definition) is 3. The van der Waals surface area contributed by atoms with Crippen LogP contribution >= 0.6 is 0 Å². The molecule has 3 nitrogen and oxygen atoms in total. The van der Waals surface area contributed by atoms with Crippen LogP contribution in [0.1, 0.15) is 106 Å². The average Bonchev–Trinajstić information content (AvgIpc) is 2.74. The first-order valence-corrected chi connectivity index (χ1v) is 13.9. The number of aliphatic hydroxyl groups excluding tert-OH is 1. The van der Waals surface area contributed by atoms with Gasteiger partial charge in [0.2, 0.25) is 0 Å². The molecular formula is C30H47O3Rb. The quantitative estimate of drug-likeness (QED) is 0.520. The fraction of sp³-hybridized carbons (Fsp3) is 0.900. The van der Waals surface area contributed by atoms with Crippen LogP contribution in [0.5, 0.6) is 0 Å². The molecule has 0 saturated heterocycles. The molecule has 0 aromatic rings. The molecule has 0 amide bonds. The molecule has 10 atom stereocenters. The summed E-state index contributed by atoms with van der Waals surface area (Å²) in [7, 11) is 0. The third kappa shape index (κ3) is 3.37. The van der Waals surface area contributed by atoms with Gasteiger partial charge in [-0.25, -0.2) is 0 Å². The van der Waals surface area contributed by atoms with E-state index in [9.17, 15) is 15.0 Å². The summed E-state index contributed by atoms with van der Waals surface area (Å²) in [6.07, 6.45) is 11.3. The Morgan fingerprint density at radius 3 is 2.26 bits per heavy atom. The second kappa shape index (κ2) is 8.75. The Morgan fingerprint density at radius 1 is 0.941 bits per heavy atom. The van der Waals surface area contributed by atoms with Gasteiger partial charge in [0, 0.05) is 11.4 Å². The number of rotatable bonds is 1. The molecule has 0 aromatic carbocycles. The Hall–Kier alpha value is 0.975. The molecule has 5 aliphatic carbocycles. The Balaban J connectivity index is 0.00000274. The van der Waals surface area contributed by atoms with Crippen molar-refractivity contribution in [3.8, 4) is 0 Å². The van der Waals surface area contributed by atoms with E-state index < -0.39 is 11.4 Å². The van der Waals surface area contributed by atoms with Crippen LogP contribution in [0.4, 0.5) is 0 Å². The molecule has 0 aromatic heterocycles. The monoisotopic (exact) mass is 540 g/mol. The van der Waals surface area contributed by atoms with Gasteiger partial charge in [-0.2, -0.15) is 0 Å². The van der Waals surface area contributed by atoms with Crippen molar-refractivity contribution < 1.29 is 73.2 Å². The fourth-order valence-corrected chi connectivity index (χ4v) is 10.8. The van der Waals surface area contributed by atoms with Gasteiger partial charge >= 0.3 is 58.2 Å². The minimum absolute atomic E-state index is 0. The van der Waals surface area contributed by atoms with Crippen LogP contribution < -0.4 is 63.3 Å². The van der Waals surface area contributed by atoms with E-state index >= 15 is 0 Å². The predicted molar refractivity (Wildman–Crippen MR) is 130 cm³/mol. The zero-order valence-electron chi connectivity index (χ0n) is 23.2. The first kappa shape index (κ1) is 28.0. The van der Waals surface area contributed by atoms with Crippen LogP contribution in [0, 0.1) is 56.7 Å². The Labute approximate surface area is 257 Å². The van der Waals surface area contributed by atoms with Crippen LogP contribution in [0.2, 0.25) is 0 Å². The molecule has 4 fully saturated rings. The Kier molecular flexibility index (Phi) is 7.21. The fourth-order valence-electron chi connectivity index (χ4n) is 10.8. The molecule has 34 heavy (non-hydrogen) atoms. The Bertz CT molecular complexity index is 880. The van der Waals surface area contributed by atoms with Gasteiger partial charge in [-0.1, -0.05) is 60.1 Å². The van der Waals surface area contributed by atoms with E-state index in [1.54, 1.807) is 0 Å². The van der Waals surface area contributed by atoms with Crippen molar-refractivity contribution in [2.45, 2.75) is 112 Å². The first-order valence-electron chi connectivity index (χ1n) is 13.9. The standard InChI is InChI=1S/C30H48O3.Rb/c1-18-10-15-30(25(32)33)17-16-28(6)20(24(30)19(18)2)8-9-22-27(5)13-12-23(31)26(3,4)21(27)11-14-29(22,28)7;/h8,18-19,21-24,31H,9-17H2,1-7H3,(H,32,33);/q;+1/p-1/t18-,19+,21+,22-,23+,24?,27+,28-,29-,30+;/m1./s1. The first-order chi connectivity index (χ1) is 15.3. The average molecular weight is 541 g/mol. The maximum atomic E-state index is 12.7. The molecule has 5 aliphatic rings. The summed E-state index contributed by atoms with van der Waals surface area (Å²) in [6, 6.07) is 0. The van der Waals surface area contributed by atoms with E-state index in [0.717, 1.165) is 44.9 Å². The molecule has 4 heteroatoms.